The molecule has 1 spiro atoms. The van der Waals surface area contributed by atoms with Crippen LogP contribution in [0.1, 0.15) is 11.1 Å². The topological polar surface area (TPSA) is 54.3 Å². The van der Waals surface area contributed by atoms with Crippen LogP contribution in [0.2, 0.25) is 0 Å². The zero-order chi connectivity index (χ0) is 15.8. The summed E-state index contributed by atoms with van der Waals surface area (Å²) in [4.78, 5) is 27.4. The molecule has 23 heavy (non-hydrogen) atoms. The highest BCUT2D eigenvalue weighted by Gasteiger charge is 2.56. The summed E-state index contributed by atoms with van der Waals surface area (Å²) in [5, 5.41) is 3.89. The normalized spacial score (nSPS) is 21.9. The van der Waals surface area contributed by atoms with E-state index in [0.717, 1.165) is 27.7 Å². The van der Waals surface area contributed by atoms with Crippen molar-refractivity contribution < 1.29 is 9.59 Å². The monoisotopic (exact) mass is 303 g/mol. The minimum absolute atomic E-state index is 0.186. The van der Waals surface area contributed by atoms with E-state index in [1.54, 1.807) is 17.8 Å². The van der Waals surface area contributed by atoms with E-state index in [9.17, 15) is 9.59 Å². The summed E-state index contributed by atoms with van der Waals surface area (Å²) in [6, 6.07) is 15.1. The lowest BCUT2D eigenvalue weighted by atomic mass is 9.80. The first kappa shape index (κ1) is 12.5. The lowest BCUT2D eigenvalue weighted by Crippen LogP contribution is -2.56. The maximum atomic E-state index is 13.0. The predicted molar refractivity (Wildman–Crippen MR) is 86.3 cm³/mol. The van der Waals surface area contributed by atoms with Gasteiger partial charge in [-0.25, -0.2) is 4.79 Å². The van der Waals surface area contributed by atoms with E-state index in [0.29, 0.717) is 0 Å². The van der Waals surface area contributed by atoms with Gasteiger partial charge in [-0.05, 0) is 12.1 Å². The van der Waals surface area contributed by atoms with Crippen molar-refractivity contribution in [1.82, 2.24) is 9.47 Å². The number of benzene rings is 2. The molecule has 3 heterocycles. The molecule has 2 aliphatic rings. The van der Waals surface area contributed by atoms with E-state index in [-0.39, 0.29) is 11.9 Å². The van der Waals surface area contributed by atoms with Gasteiger partial charge < -0.3 is 10.2 Å². The second-order valence-corrected chi connectivity index (χ2v) is 5.98. The van der Waals surface area contributed by atoms with E-state index in [2.05, 4.69) is 5.32 Å². The third kappa shape index (κ3) is 1.21. The summed E-state index contributed by atoms with van der Waals surface area (Å²) in [5.41, 5.74) is 2.11. The summed E-state index contributed by atoms with van der Waals surface area (Å²) in [5.74, 6) is -0.186. The predicted octanol–water partition coefficient (Wildman–Crippen LogP) is 2.75. The molecule has 0 fully saturated rings. The number of hydrogen-bond acceptors (Lipinski definition) is 2. The first-order chi connectivity index (χ1) is 11.2. The van der Waals surface area contributed by atoms with Crippen LogP contribution in [0.5, 0.6) is 0 Å². The van der Waals surface area contributed by atoms with Gasteiger partial charge in [-0.15, -0.1) is 0 Å². The van der Waals surface area contributed by atoms with E-state index in [4.69, 9.17) is 0 Å². The second kappa shape index (κ2) is 3.81. The standard InChI is InChI=1S/C18H13N3O2/c1-20-17(23)21-10-9-11-5-4-7-13(15(11)21)18(20)12-6-2-3-8-14(12)19-16(18)22/h2-10H,1H3,(H,19,22). The Morgan fingerprint density at radius 2 is 1.74 bits per heavy atom. The quantitative estimate of drug-likeness (QED) is 0.694. The van der Waals surface area contributed by atoms with E-state index in [1.165, 1.54) is 4.90 Å². The maximum absolute atomic E-state index is 13.0. The molecule has 2 aliphatic heterocycles. The average Bonchev–Trinajstić information content (AvgIpc) is 3.11. The second-order valence-electron chi connectivity index (χ2n) is 5.98. The number of nitrogens with one attached hydrogen (secondary N) is 1. The molecule has 1 atom stereocenters. The molecule has 2 aromatic carbocycles. The van der Waals surface area contributed by atoms with Crippen molar-refractivity contribution in [2.24, 2.45) is 0 Å². The Bertz CT molecular complexity index is 1020. The molecular formula is C18H13N3O2. The fraction of sp³-hybridized carbons (Fsp3) is 0.111. The van der Waals surface area contributed by atoms with Crippen LogP contribution in [0.3, 0.4) is 0 Å². The van der Waals surface area contributed by atoms with Gasteiger partial charge in [0.2, 0.25) is 0 Å². The SMILES string of the molecule is CN1C(=O)n2ccc3cccc(c32)C12C(=O)Nc1ccccc12. The van der Waals surface area contributed by atoms with E-state index < -0.39 is 5.54 Å². The van der Waals surface area contributed by atoms with Crippen molar-refractivity contribution in [3.8, 4) is 0 Å². The third-order valence-electron chi connectivity index (χ3n) is 4.99. The Kier molecular flexibility index (Phi) is 2.07. The number of carbonyl (C=O) groups excluding carboxylic acids is 2. The molecule has 0 aliphatic carbocycles. The Balaban J connectivity index is 1.99. The number of anilines is 1. The maximum Gasteiger partial charge on any atom is 0.329 e. The molecule has 1 aromatic heterocycles. The van der Waals surface area contributed by atoms with Gasteiger partial charge in [0, 0.05) is 35.4 Å². The molecular weight excluding hydrogens is 290 g/mol. The molecule has 0 saturated carbocycles. The van der Waals surface area contributed by atoms with Crippen molar-refractivity contribution >= 4 is 28.5 Å². The number of amides is 2. The van der Waals surface area contributed by atoms with Gasteiger partial charge in [-0.3, -0.25) is 9.36 Å². The zero-order valence-electron chi connectivity index (χ0n) is 12.4. The van der Waals surface area contributed by atoms with Gasteiger partial charge in [-0.2, -0.15) is 0 Å². The van der Waals surface area contributed by atoms with E-state index in [1.807, 2.05) is 48.5 Å². The lowest BCUT2D eigenvalue weighted by Gasteiger charge is -2.41. The summed E-state index contributed by atoms with van der Waals surface area (Å²) in [6.45, 7) is 0. The Labute approximate surface area is 132 Å². The van der Waals surface area contributed by atoms with Crippen LogP contribution < -0.4 is 5.32 Å². The first-order valence-electron chi connectivity index (χ1n) is 7.45. The van der Waals surface area contributed by atoms with Gasteiger partial charge >= 0.3 is 6.03 Å². The molecule has 112 valence electrons. The Morgan fingerprint density at radius 1 is 0.957 bits per heavy atom. The summed E-state index contributed by atoms with van der Waals surface area (Å²) < 4.78 is 1.62. The molecule has 5 rings (SSSR count). The highest BCUT2D eigenvalue weighted by Crippen LogP contribution is 2.49. The zero-order valence-corrected chi connectivity index (χ0v) is 12.4. The fourth-order valence-electron chi connectivity index (χ4n) is 3.97. The van der Waals surface area contributed by atoms with Crippen molar-refractivity contribution in [1.29, 1.82) is 0 Å². The van der Waals surface area contributed by atoms with Gasteiger partial charge in [0.1, 0.15) is 0 Å². The molecule has 0 saturated heterocycles. The van der Waals surface area contributed by atoms with Crippen LogP contribution in [0.15, 0.2) is 54.7 Å². The van der Waals surface area contributed by atoms with Crippen molar-refractivity contribution in [2.45, 2.75) is 5.54 Å². The highest BCUT2D eigenvalue weighted by atomic mass is 16.2. The third-order valence-corrected chi connectivity index (χ3v) is 4.99. The number of carbonyl (C=O) groups is 2. The van der Waals surface area contributed by atoms with Crippen LogP contribution >= 0.6 is 0 Å². The number of nitrogens with zero attached hydrogens (tertiary/aromatic N) is 2. The smallest absolute Gasteiger partial charge is 0.323 e. The Hall–Kier alpha value is -3.08. The van der Waals surface area contributed by atoms with Gasteiger partial charge in [-0.1, -0.05) is 36.4 Å². The number of fused-ring (bicyclic) bond motifs is 3. The van der Waals surface area contributed by atoms with Crippen molar-refractivity contribution in [3.63, 3.8) is 0 Å². The van der Waals surface area contributed by atoms with Crippen LogP contribution in [-0.4, -0.2) is 28.5 Å². The largest absolute Gasteiger partial charge is 0.329 e. The summed E-state index contributed by atoms with van der Waals surface area (Å²) in [6.07, 6.45) is 1.76. The highest BCUT2D eigenvalue weighted by molar-refractivity contribution is 6.14. The van der Waals surface area contributed by atoms with Crippen molar-refractivity contribution in [2.75, 3.05) is 12.4 Å². The van der Waals surface area contributed by atoms with Crippen LogP contribution in [0.4, 0.5) is 10.5 Å². The van der Waals surface area contributed by atoms with Gasteiger partial charge in [0.05, 0.1) is 5.52 Å². The van der Waals surface area contributed by atoms with Crippen LogP contribution in [0.25, 0.3) is 10.9 Å². The van der Waals surface area contributed by atoms with Crippen LogP contribution in [0, 0.1) is 0 Å². The number of hydrogen-bond donors (Lipinski definition) is 1. The molecule has 1 N–H and O–H groups in total. The van der Waals surface area contributed by atoms with Crippen LogP contribution in [-0.2, 0) is 10.3 Å². The van der Waals surface area contributed by atoms with Gasteiger partial charge in [0.15, 0.2) is 5.54 Å². The molecule has 0 bridgehead atoms. The minimum atomic E-state index is -1.11. The number of rotatable bonds is 0. The molecule has 5 nitrogen and oxygen atoms in total. The summed E-state index contributed by atoms with van der Waals surface area (Å²) in [7, 11) is 1.69. The van der Waals surface area contributed by atoms with E-state index >= 15 is 0 Å². The molecule has 3 aromatic rings. The number of likely N-dealkylation sites (N-methyl/N-ethyl adjacent to an activating group) is 1. The molecule has 2 amide bonds. The minimum Gasteiger partial charge on any atom is -0.323 e. The Morgan fingerprint density at radius 3 is 2.61 bits per heavy atom. The van der Waals surface area contributed by atoms with Crippen molar-refractivity contribution in [3.05, 3.63) is 65.9 Å². The first-order valence-corrected chi connectivity index (χ1v) is 7.45. The molecule has 1 unspecified atom stereocenters. The number of para-hydroxylation sites is 2. The number of aromatic nitrogens is 1. The molecule has 0 radical (unpaired) electrons. The summed E-state index contributed by atoms with van der Waals surface area (Å²) >= 11 is 0. The van der Waals surface area contributed by atoms with Gasteiger partial charge in [0.25, 0.3) is 5.91 Å². The average molecular weight is 303 g/mol. The molecule has 5 heteroatoms. The lowest BCUT2D eigenvalue weighted by molar-refractivity contribution is -0.123. The fourth-order valence-corrected chi connectivity index (χ4v) is 3.97.